The largest absolute Gasteiger partial charge is 1.00 e. The van der Waals surface area contributed by atoms with E-state index in [4.69, 9.17) is 9.47 Å². The Morgan fingerprint density at radius 2 is 2.05 bits per heavy atom. The van der Waals surface area contributed by atoms with Crippen LogP contribution >= 0.6 is 0 Å². The summed E-state index contributed by atoms with van der Waals surface area (Å²) in [5.41, 5.74) is 1.26. The molecule has 3 nitrogen and oxygen atoms in total. The molecule has 1 aromatic carbocycles. The quantitative estimate of drug-likeness (QED) is 0.779. The van der Waals surface area contributed by atoms with E-state index in [1.165, 1.54) is 24.8 Å². The smallest absolute Gasteiger partial charge is 0.231 e. The number of rotatable bonds is 4. The van der Waals surface area contributed by atoms with Gasteiger partial charge in [0.05, 0.1) is 0 Å². The predicted octanol–water partition coefficient (Wildman–Crippen LogP) is -0.135. The Morgan fingerprint density at radius 1 is 1.16 bits per heavy atom. The Labute approximate surface area is 120 Å². The average Bonchev–Trinajstić information content (AvgIpc) is 2.87. The summed E-state index contributed by atoms with van der Waals surface area (Å²) in [4.78, 5) is 0. The van der Waals surface area contributed by atoms with Crippen LogP contribution in [-0.4, -0.2) is 13.3 Å². The van der Waals surface area contributed by atoms with Gasteiger partial charge in [-0.3, -0.25) is 0 Å². The molecule has 0 aromatic heterocycles. The third-order valence-corrected chi connectivity index (χ3v) is 3.58. The average molecular weight is 281 g/mol. The highest BCUT2D eigenvalue weighted by molar-refractivity contribution is 5.44. The van der Waals surface area contributed by atoms with Gasteiger partial charge in [0.1, 0.15) is 0 Å². The first-order chi connectivity index (χ1) is 8.92. The van der Waals surface area contributed by atoms with Crippen molar-refractivity contribution in [1.82, 2.24) is 5.32 Å². The molecule has 2 aliphatic rings. The molecular formula is C15H19ClNO2-. The van der Waals surface area contributed by atoms with Crippen molar-refractivity contribution in [3.63, 3.8) is 0 Å². The van der Waals surface area contributed by atoms with Crippen molar-refractivity contribution in [1.29, 1.82) is 0 Å². The Hall–Kier alpha value is -1.19. The van der Waals surface area contributed by atoms with E-state index >= 15 is 0 Å². The molecular weight excluding hydrogens is 262 g/mol. The lowest BCUT2D eigenvalue weighted by molar-refractivity contribution is -0.00000525. The summed E-state index contributed by atoms with van der Waals surface area (Å²) in [5.74, 6) is 2.52. The molecule has 104 valence electrons. The second kappa shape index (κ2) is 6.83. The number of nitrogens with one attached hydrogen (secondary N) is 1. The van der Waals surface area contributed by atoms with Gasteiger partial charge in [0, 0.05) is 6.54 Å². The van der Waals surface area contributed by atoms with Gasteiger partial charge in [-0.1, -0.05) is 18.2 Å². The molecule has 0 bridgehead atoms. The van der Waals surface area contributed by atoms with Crippen LogP contribution in [0.3, 0.4) is 0 Å². The van der Waals surface area contributed by atoms with Gasteiger partial charge in [-0.25, -0.2) is 0 Å². The topological polar surface area (TPSA) is 30.5 Å². The van der Waals surface area contributed by atoms with Crippen LogP contribution in [0.1, 0.15) is 24.8 Å². The summed E-state index contributed by atoms with van der Waals surface area (Å²) < 4.78 is 10.7. The molecule has 0 amide bonds. The fraction of sp³-hybridized carbons (Fsp3) is 0.467. The van der Waals surface area contributed by atoms with Crippen LogP contribution in [0.25, 0.3) is 0 Å². The maximum atomic E-state index is 5.38. The van der Waals surface area contributed by atoms with Crippen LogP contribution in [0.2, 0.25) is 0 Å². The maximum absolute atomic E-state index is 5.38. The number of hydrogen-bond acceptors (Lipinski definition) is 3. The Kier molecular flexibility index (Phi) is 5.11. The Morgan fingerprint density at radius 3 is 2.89 bits per heavy atom. The summed E-state index contributed by atoms with van der Waals surface area (Å²) in [6.45, 7) is 2.34. The monoisotopic (exact) mass is 280 g/mol. The van der Waals surface area contributed by atoms with Crippen LogP contribution in [-0.2, 0) is 6.54 Å². The number of halogens is 1. The van der Waals surface area contributed by atoms with Gasteiger partial charge in [-0.2, -0.15) is 0 Å². The van der Waals surface area contributed by atoms with Crippen molar-refractivity contribution in [3.05, 3.63) is 35.9 Å². The van der Waals surface area contributed by atoms with Gasteiger partial charge in [0.15, 0.2) is 11.5 Å². The number of fused-ring (bicyclic) bond motifs is 1. The van der Waals surface area contributed by atoms with Gasteiger partial charge < -0.3 is 27.2 Å². The minimum absolute atomic E-state index is 0. The molecule has 1 N–H and O–H groups in total. The molecule has 0 saturated carbocycles. The molecule has 0 spiro atoms. The molecule has 1 aromatic rings. The third-order valence-electron chi connectivity index (χ3n) is 3.58. The van der Waals surface area contributed by atoms with Crippen molar-refractivity contribution in [2.24, 2.45) is 5.92 Å². The molecule has 1 unspecified atom stereocenters. The van der Waals surface area contributed by atoms with E-state index < -0.39 is 0 Å². The highest BCUT2D eigenvalue weighted by Crippen LogP contribution is 2.32. The minimum atomic E-state index is 0. The molecule has 1 atom stereocenters. The molecule has 0 saturated heterocycles. The standard InChI is InChI=1S/C15H19NO2.ClH/c1-2-4-12(5-3-1)9-16-10-13-6-7-14-15(8-13)18-11-17-14;/h1-2,6-8,12,16H,3-5,9-11H2;1H/p-1. The zero-order valence-corrected chi connectivity index (χ0v) is 11.7. The fourth-order valence-electron chi connectivity index (χ4n) is 2.51. The van der Waals surface area contributed by atoms with Crippen molar-refractivity contribution in [2.75, 3.05) is 13.3 Å². The predicted molar refractivity (Wildman–Crippen MR) is 70.8 cm³/mol. The van der Waals surface area contributed by atoms with E-state index in [9.17, 15) is 0 Å². The SMILES string of the molecule is C1=CCC(CNCc2ccc3c(c2)OCO3)CC1.[Cl-]. The van der Waals surface area contributed by atoms with Crippen LogP contribution in [0.15, 0.2) is 30.4 Å². The van der Waals surface area contributed by atoms with Crippen LogP contribution in [0.4, 0.5) is 0 Å². The zero-order chi connectivity index (χ0) is 12.2. The summed E-state index contributed by atoms with van der Waals surface area (Å²) in [7, 11) is 0. The summed E-state index contributed by atoms with van der Waals surface area (Å²) in [6.07, 6.45) is 8.35. The fourth-order valence-corrected chi connectivity index (χ4v) is 2.51. The Balaban J connectivity index is 0.00000133. The second-order valence-electron chi connectivity index (χ2n) is 4.97. The van der Waals surface area contributed by atoms with Gasteiger partial charge in [-0.05, 0) is 49.4 Å². The summed E-state index contributed by atoms with van der Waals surface area (Å²) in [5, 5.41) is 3.53. The lowest BCUT2D eigenvalue weighted by Gasteiger charge is -2.18. The normalized spacial score (nSPS) is 20.1. The van der Waals surface area contributed by atoms with E-state index in [1.54, 1.807) is 0 Å². The van der Waals surface area contributed by atoms with Crippen molar-refractivity contribution >= 4 is 0 Å². The molecule has 19 heavy (non-hydrogen) atoms. The first-order valence-corrected chi connectivity index (χ1v) is 6.66. The number of allylic oxidation sites excluding steroid dienone is 2. The number of benzene rings is 1. The molecule has 1 aliphatic carbocycles. The van der Waals surface area contributed by atoms with Crippen molar-refractivity contribution < 1.29 is 21.9 Å². The number of ether oxygens (including phenoxy) is 2. The highest BCUT2D eigenvalue weighted by atomic mass is 35.5. The van der Waals surface area contributed by atoms with E-state index in [-0.39, 0.29) is 12.4 Å². The molecule has 0 radical (unpaired) electrons. The zero-order valence-electron chi connectivity index (χ0n) is 10.9. The van der Waals surface area contributed by atoms with Crippen LogP contribution in [0, 0.1) is 5.92 Å². The molecule has 0 fully saturated rings. The number of hydrogen-bond donors (Lipinski definition) is 1. The first kappa shape index (κ1) is 14.2. The maximum Gasteiger partial charge on any atom is 0.231 e. The summed E-state index contributed by atoms with van der Waals surface area (Å²) >= 11 is 0. The Bertz CT molecular complexity index is 448. The second-order valence-corrected chi connectivity index (χ2v) is 4.97. The van der Waals surface area contributed by atoms with Crippen molar-refractivity contribution in [3.8, 4) is 11.5 Å². The molecule has 1 aliphatic heterocycles. The summed E-state index contributed by atoms with van der Waals surface area (Å²) in [6, 6.07) is 6.15. The third kappa shape index (κ3) is 3.64. The highest BCUT2D eigenvalue weighted by Gasteiger charge is 2.13. The van der Waals surface area contributed by atoms with E-state index in [0.29, 0.717) is 6.79 Å². The van der Waals surface area contributed by atoms with E-state index in [2.05, 4.69) is 29.6 Å². The molecule has 4 heteroatoms. The van der Waals surface area contributed by atoms with Gasteiger partial charge >= 0.3 is 0 Å². The van der Waals surface area contributed by atoms with Crippen molar-refractivity contribution in [2.45, 2.75) is 25.8 Å². The van der Waals surface area contributed by atoms with Gasteiger partial charge in [-0.15, -0.1) is 0 Å². The molecule has 3 rings (SSSR count). The van der Waals surface area contributed by atoms with Crippen LogP contribution < -0.4 is 27.2 Å². The van der Waals surface area contributed by atoms with Crippen LogP contribution in [0.5, 0.6) is 11.5 Å². The van der Waals surface area contributed by atoms with Gasteiger partial charge in [0.25, 0.3) is 0 Å². The van der Waals surface area contributed by atoms with E-state index in [1.807, 2.05) is 6.07 Å². The minimum Gasteiger partial charge on any atom is -1.00 e. The lowest BCUT2D eigenvalue weighted by Crippen LogP contribution is -3.00. The van der Waals surface area contributed by atoms with Gasteiger partial charge in [0.2, 0.25) is 6.79 Å². The molecule has 1 heterocycles. The lowest BCUT2D eigenvalue weighted by atomic mass is 9.94. The van der Waals surface area contributed by atoms with E-state index in [0.717, 1.165) is 30.5 Å². The first-order valence-electron chi connectivity index (χ1n) is 6.66.